The number of H-pyrrole nitrogens is 1. The first-order chi connectivity index (χ1) is 13.0. The molecule has 0 aliphatic rings. The molecule has 0 radical (unpaired) electrons. The molecule has 1 atom stereocenters. The van der Waals surface area contributed by atoms with Crippen LogP contribution in [0.1, 0.15) is 25.7 Å². The van der Waals surface area contributed by atoms with Crippen LogP contribution in [0.4, 0.5) is 5.82 Å². The first-order valence-corrected chi connectivity index (χ1v) is 8.37. The van der Waals surface area contributed by atoms with E-state index >= 15 is 0 Å². The fourth-order valence-electron chi connectivity index (χ4n) is 2.38. The molecule has 0 aliphatic carbocycles. The van der Waals surface area contributed by atoms with Gasteiger partial charge in [0.25, 0.3) is 0 Å². The van der Waals surface area contributed by atoms with Gasteiger partial charge in [-0.3, -0.25) is 9.59 Å². The number of esters is 2. The summed E-state index contributed by atoms with van der Waals surface area (Å²) in [6.07, 6.45) is 3.75. The molecule has 146 valence electrons. The van der Waals surface area contributed by atoms with Crippen molar-refractivity contribution in [2.45, 2.75) is 31.7 Å². The molecule has 0 unspecified atom stereocenters. The van der Waals surface area contributed by atoms with Crippen molar-refractivity contribution in [2.75, 3.05) is 26.1 Å². The molecule has 2 aromatic rings. The molecule has 2 aromatic heterocycles. The van der Waals surface area contributed by atoms with Crippen molar-refractivity contribution < 1.29 is 23.9 Å². The summed E-state index contributed by atoms with van der Waals surface area (Å²) in [6.45, 7) is 0.490. The predicted octanol–water partition coefficient (Wildman–Crippen LogP) is 0.156. The maximum atomic E-state index is 12.1. The van der Waals surface area contributed by atoms with Gasteiger partial charge < -0.3 is 25.1 Å². The molecule has 2 rings (SSSR count). The number of imidazole rings is 1. The van der Waals surface area contributed by atoms with Gasteiger partial charge in [0.1, 0.15) is 17.9 Å². The SMILES string of the molecule is COC(=O)CC[C@H](NC(=O)CCCNc1ncnc2nc[nH]c12)C(=O)OC. The summed E-state index contributed by atoms with van der Waals surface area (Å²) in [7, 11) is 2.48. The Bertz CT molecular complexity index is 792. The Morgan fingerprint density at radius 2 is 1.96 bits per heavy atom. The maximum Gasteiger partial charge on any atom is 0.328 e. The van der Waals surface area contributed by atoms with E-state index in [1.54, 1.807) is 0 Å². The van der Waals surface area contributed by atoms with Crippen LogP contribution in [0.25, 0.3) is 11.2 Å². The monoisotopic (exact) mass is 378 g/mol. The van der Waals surface area contributed by atoms with Gasteiger partial charge in [0, 0.05) is 19.4 Å². The number of amides is 1. The number of ether oxygens (including phenoxy) is 2. The van der Waals surface area contributed by atoms with Crippen LogP contribution in [0.5, 0.6) is 0 Å². The highest BCUT2D eigenvalue weighted by Gasteiger charge is 2.22. The van der Waals surface area contributed by atoms with Crippen LogP contribution in [-0.4, -0.2) is 64.6 Å². The molecule has 0 bridgehead atoms. The number of aromatic nitrogens is 4. The first-order valence-electron chi connectivity index (χ1n) is 8.37. The number of nitrogens with one attached hydrogen (secondary N) is 3. The molecule has 0 spiro atoms. The average molecular weight is 378 g/mol. The van der Waals surface area contributed by atoms with E-state index in [4.69, 9.17) is 0 Å². The number of hydrogen-bond donors (Lipinski definition) is 3. The number of carbonyl (C=O) groups excluding carboxylic acids is 3. The van der Waals surface area contributed by atoms with E-state index < -0.39 is 18.0 Å². The molecule has 3 N–H and O–H groups in total. The lowest BCUT2D eigenvalue weighted by Gasteiger charge is -2.16. The van der Waals surface area contributed by atoms with Crippen LogP contribution in [0.2, 0.25) is 0 Å². The van der Waals surface area contributed by atoms with E-state index in [-0.39, 0.29) is 25.2 Å². The van der Waals surface area contributed by atoms with Crippen molar-refractivity contribution in [3.8, 4) is 0 Å². The number of rotatable bonds is 10. The molecular weight excluding hydrogens is 356 g/mol. The highest BCUT2D eigenvalue weighted by atomic mass is 16.5. The second kappa shape index (κ2) is 10.0. The Hall–Kier alpha value is -3.24. The van der Waals surface area contributed by atoms with Crippen molar-refractivity contribution in [3.63, 3.8) is 0 Å². The largest absolute Gasteiger partial charge is 0.469 e. The molecule has 0 saturated carbocycles. The lowest BCUT2D eigenvalue weighted by Crippen LogP contribution is -2.41. The van der Waals surface area contributed by atoms with E-state index in [0.29, 0.717) is 29.9 Å². The lowest BCUT2D eigenvalue weighted by atomic mass is 10.1. The minimum Gasteiger partial charge on any atom is -0.469 e. The van der Waals surface area contributed by atoms with E-state index in [1.165, 1.54) is 26.9 Å². The van der Waals surface area contributed by atoms with Crippen LogP contribution in [0, 0.1) is 0 Å². The number of hydrogen-bond acceptors (Lipinski definition) is 9. The number of nitrogens with zero attached hydrogens (tertiary/aromatic N) is 3. The normalized spacial score (nSPS) is 11.6. The van der Waals surface area contributed by atoms with E-state index in [0.717, 1.165) is 0 Å². The smallest absolute Gasteiger partial charge is 0.328 e. The minimum absolute atomic E-state index is 0.00595. The topological polar surface area (TPSA) is 148 Å². The van der Waals surface area contributed by atoms with Crippen molar-refractivity contribution in [1.82, 2.24) is 25.3 Å². The van der Waals surface area contributed by atoms with Crippen molar-refractivity contribution >= 4 is 34.8 Å². The molecule has 11 heteroatoms. The third kappa shape index (κ3) is 5.90. The summed E-state index contributed by atoms with van der Waals surface area (Å²) in [5.74, 6) is -0.778. The third-order valence-electron chi connectivity index (χ3n) is 3.78. The van der Waals surface area contributed by atoms with E-state index in [2.05, 4.69) is 40.0 Å². The van der Waals surface area contributed by atoms with Crippen LogP contribution in [0.15, 0.2) is 12.7 Å². The zero-order valence-electron chi connectivity index (χ0n) is 15.2. The number of anilines is 1. The Morgan fingerprint density at radius 3 is 2.70 bits per heavy atom. The molecule has 0 fully saturated rings. The zero-order chi connectivity index (χ0) is 19.6. The van der Waals surface area contributed by atoms with Crippen LogP contribution in [0.3, 0.4) is 0 Å². The molecule has 27 heavy (non-hydrogen) atoms. The van der Waals surface area contributed by atoms with Gasteiger partial charge in [0.05, 0.1) is 20.5 Å². The Balaban J connectivity index is 1.77. The molecular formula is C16H22N6O5. The van der Waals surface area contributed by atoms with Crippen molar-refractivity contribution in [1.29, 1.82) is 0 Å². The van der Waals surface area contributed by atoms with Crippen LogP contribution < -0.4 is 10.6 Å². The number of methoxy groups -OCH3 is 2. The third-order valence-corrected chi connectivity index (χ3v) is 3.78. The quantitative estimate of drug-likeness (QED) is 0.388. The van der Waals surface area contributed by atoms with Gasteiger partial charge in [-0.25, -0.2) is 19.7 Å². The van der Waals surface area contributed by atoms with Crippen molar-refractivity contribution in [3.05, 3.63) is 12.7 Å². The fraction of sp³-hybridized carbons (Fsp3) is 0.500. The molecule has 1 amide bonds. The number of aromatic amines is 1. The summed E-state index contributed by atoms with van der Waals surface area (Å²) in [4.78, 5) is 50.2. The summed E-state index contributed by atoms with van der Waals surface area (Å²) in [6, 6.07) is -0.888. The summed E-state index contributed by atoms with van der Waals surface area (Å²) < 4.78 is 9.19. The average Bonchev–Trinajstić information content (AvgIpc) is 3.17. The second-order valence-corrected chi connectivity index (χ2v) is 5.61. The van der Waals surface area contributed by atoms with Crippen LogP contribution >= 0.6 is 0 Å². The van der Waals surface area contributed by atoms with Gasteiger partial charge in [-0.2, -0.15) is 0 Å². The van der Waals surface area contributed by atoms with E-state index in [1.807, 2.05) is 0 Å². The standard InChI is InChI=1S/C16H22N6O5/c1-26-12(24)6-5-10(16(25)27-2)22-11(23)4-3-7-17-14-13-15(19-8-18-13)21-9-20-14/h8-10H,3-7H2,1-2H3,(H,22,23)(H2,17,18,19,20,21)/t10-/m0/s1. The second-order valence-electron chi connectivity index (χ2n) is 5.61. The lowest BCUT2D eigenvalue weighted by molar-refractivity contribution is -0.146. The molecule has 0 aromatic carbocycles. The number of carbonyl (C=O) groups is 3. The maximum absolute atomic E-state index is 12.1. The minimum atomic E-state index is -0.888. The summed E-state index contributed by atoms with van der Waals surface area (Å²) in [5, 5.41) is 5.69. The Kier molecular flexibility index (Phi) is 7.47. The van der Waals surface area contributed by atoms with Gasteiger partial charge in [0.2, 0.25) is 5.91 Å². The van der Waals surface area contributed by atoms with Gasteiger partial charge in [-0.05, 0) is 12.8 Å². The van der Waals surface area contributed by atoms with Gasteiger partial charge in [-0.15, -0.1) is 0 Å². The van der Waals surface area contributed by atoms with E-state index in [9.17, 15) is 14.4 Å². The highest BCUT2D eigenvalue weighted by molar-refractivity contribution is 5.85. The predicted molar refractivity (Wildman–Crippen MR) is 94.6 cm³/mol. The first kappa shape index (κ1) is 20.1. The number of fused-ring (bicyclic) bond motifs is 1. The fourth-order valence-corrected chi connectivity index (χ4v) is 2.38. The van der Waals surface area contributed by atoms with Gasteiger partial charge >= 0.3 is 11.9 Å². The highest BCUT2D eigenvalue weighted by Crippen LogP contribution is 2.14. The van der Waals surface area contributed by atoms with Gasteiger partial charge in [0.15, 0.2) is 11.5 Å². The molecule has 0 saturated heterocycles. The van der Waals surface area contributed by atoms with Crippen LogP contribution in [-0.2, 0) is 23.9 Å². The summed E-state index contributed by atoms with van der Waals surface area (Å²) >= 11 is 0. The van der Waals surface area contributed by atoms with Gasteiger partial charge in [-0.1, -0.05) is 0 Å². The molecule has 2 heterocycles. The van der Waals surface area contributed by atoms with Crippen molar-refractivity contribution in [2.24, 2.45) is 0 Å². The molecule has 0 aliphatic heterocycles. The zero-order valence-corrected chi connectivity index (χ0v) is 15.2. The Morgan fingerprint density at radius 1 is 1.15 bits per heavy atom. The molecule has 11 nitrogen and oxygen atoms in total. The Labute approximate surface area is 155 Å². The summed E-state index contributed by atoms with van der Waals surface area (Å²) in [5.41, 5.74) is 1.24.